The Balaban J connectivity index is 1.52. The Bertz CT molecular complexity index is 1430. The lowest BCUT2D eigenvalue weighted by Gasteiger charge is -2.39. The summed E-state index contributed by atoms with van der Waals surface area (Å²) in [5, 5.41) is 3.32. The van der Waals surface area contributed by atoms with Gasteiger partial charge in [0.05, 0.1) is 26.9 Å². The van der Waals surface area contributed by atoms with E-state index < -0.39 is 23.1 Å². The number of benzene rings is 3. The number of rotatable bonds is 9. The van der Waals surface area contributed by atoms with Gasteiger partial charge in [-0.05, 0) is 41.0 Å². The summed E-state index contributed by atoms with van der Waals surface area (Å²) in [6.45, 7) is 1.17. The number of nitrogens with one attached hydrogen (secondary N) is 2. The molecule has 0 spiro atoms. The molecule has 1 aliphatic heterocycles. The maximum Gasteiger partial charge on any atom is 0.330 e. The van der Waals surface area contributed by atoms with Gasteiger partial charge in [0.25, 0.3) is 5.56 Å². The van der Waals surface area contributed by atoms with Crippen molar-refractivity contribution in [2.24, 2.45) is 0 Å². The molecular formula is C30H31N3O6. The molecule has 1 aromatic heterocycles. The number of hydrogen-bond acceptors (Lipinski definition) is 7. The second-order valence-corrected chi connectivity index (χ2v) is 9.20. The van der Waals surface area contributed by atoms with Gasteiger partial charge in [-0.3, -0.25) is 14.3 Å². The fourth-order valence-electron chi connectivity index (χ4n) is 4.89. The van der Waals surface area contributed by atoms with Crippen LogP contribution in [0.25, 0.3) is 0 Å². The minimum atomic E-state index is -0.981. The first-order valence-electron chi connectivity index (χ1n) is 12.7. The zero-order valence-electron chi connectivity index (χ0n) is 21.8. The van der Waals surface area contributed by atoms with Crippen LogP contribution in [0.1, 0.15) is 22.9 Å². The Hall–Kier alpha value is -4.18. The number of aromatic nitrogens is 2. The molecule has 4 aromatic rings. The van der Waals surface area contributed by atoms with Gasteiger partial charge in [-0.25, -0.2) is 4.79 Å². The van der Waals surface area contributed by atoms with Crippen LogP contribution in [0.5, 0.6) is 11.5 Å². The van der Waals surface area contributed by atoms with E-state index in [0.717, 1.165) is 28.2 Å². The molecule has 1 saturated heterocycles. The van der Waals surface area contributed by atoms with Crippen LogP contribution >= 0.6 is 0 Å². The first kappa shape index (κ1) is 26.4. The summed E-state index contributed by atoms with van der Waals surface area (Å²) in [5.74, 6) is 1.48. The first-order valence-corrected chi connectivity index (χ1v) is 12.7. The van der Waals surface area contributed by atoms with Crippen LogP contribution in [0.4, 0.5) is 0 Å². The molecule has 9 heteroatoms. The molecule has 39 heavy (non-hydrogen) atoms. The Morgan fingerprint density at radius 2 is 1.41 bits per heavy atom. The molecule has 0 unspecified atom stereocenters. The van der Waals surface area contributed by atoms with E-state index in [0.29, 0.717) is 13.1 Å². The van der Waals surface area contributed by atoms with Crippen molar-refractivity contribution >= 4 is 0 Å². The van der Waals surface area contributed by atoms with Gasteiger partial charge in [-0.2, -0.15) is 0 Å². The van der Waals surface area contributed by atoms with Gasteiger partial charge in [-0.15, -0.1) is 0 Å². The van der Waals surface area contributed by atoms with E-state index in [4.69, 9.17) is 18.9 Å². The second-order valence-electron chi connectivity index (χ2n) is 9.20. The molecule has 1 fully saturated rings. The van der Waals surface area contributed by atoms with Crippen LogP contribution < -0.4 is 26.0 Å². The third-order valence-electron chi connectivity index (χ3n) is 6.86. The van der Waals surface area contributed by atoms with Gasteiger partial charge in [0, 0.05) is 25.4 Å². The summed E-state index contributed by atoms with van der Waals surface area (Å²) in [6.07, 6.45) is 0.478. The van der Waals surface area contributed by atoms with Crippen LogP contribution in [0, 0.1) is 0 Å². The molecule has 1 aliphatic rings. The van der Waals surface area contributed by atoms with E-state index in [-0.39, 0.29) is 12.7 Å². The molecule has 5 rings (SSSR count). The summed E-state index contributed by atoms with van der Waals surface area (Å²) in [6, 6.07) is 27.0. The van der Waals surface area contributed by atoms with Crippen molar-refractivity contribution in [2.45, 2.75) is 17.9 Å². The molecule has 0 amide bonds. The summed E-state index contributed by atoms with van der Waals surface area (Å²) in [7, 11) is 3.27. The number of ether oxygens (including phenoxy) is 4. The first-order chi connectivity index (χ1) is 19.0. The minimum Gasteiger partial charge on any atom is -0.497 e. The molecule has 0 aliphatic carbocycles. The smallest absolute Gasteiger partial charge is 0.330 e. The lowest BCUT2D eigenvalue weighted by molar-refractivity contribution is -0.127. The highest BCUT2D eigenvalue weighted by atomic mass is 16.6. The Morgan fingerprint density at radius 3 is 1.97 bits per heavy atom. The summed E-state index contributed by atoms with van der Waals surface area (Å²) < 4.78 is 25.4. The van der Waals surface area contributed by atoms with Gasteiger partial charge in [0.2, 0.25) is 0 Å². The van der Waals surface area contributed by atoms with E-state index >= 15 is 0 Å². The quantitative estimate of drug-likeness (QED) is 0.321. The van der Waals surface area contributed by atoms with Gasteiger partial charge in [-0.1, -0.05) is 54.6 Å². The van der Waals surface area contributed by atoms with E-state index in [1.807, 2.05) is 78.9 Å². The predicted molar refractivity (Wildman–Crippen MR) is 146 cm³/mol. The molecule has 202 valence electrons. The zero-order chi connectivity index (χ0) is 27.2. The number of methoxy groups -OCH3 is 2. The number of nitrogens with zero attached hydrogens (tertiary/aromatic N) is 1. The highest BCUT2D eigenvalue weighted by Gasteiger charge is 2.39. The maximum absolute atomic E-state index is 12.4. The average molecular weight is 530 g/mol. The van der Waals surface area contributed by atoms with Crippen molar-refractivity contribution in [1.82, 2.24) is 14.9 Å². The van der Waals surface area contributed by atoms with Crippen molar-refractivity contribution in [3.05, 3.63) is 129 Å². The monoisotopic (exact) mass is 529 g/mol. The summed E-state index contributed by atoms with van der Waals surface area (Å²) in [4.78, 5) is 26.2. The predicted octanol–water partition coefficient (Wildman–Crippen LogP) is 3.05. The van der Waals surface area contributed by atoms with Gasteiger partial charge in [0.15, 0.2) is 6.23 Å². The highest BCUT2D eigenvalue weighted by Crippen LogP contribution is 2.42. The van der Waals surface area contributed by atoms with Crippen LogP contribution in [0.15, 0.2) is 101 Å². The zero-order valence-corrected chi connectivity index (χ0v) is 21.8. The standard InChI is InChI=1S/C30H31N3O6/c1-36-24-12-8-22(9-13-24)30(21-6-4-3-5-7-21,23-10-14-25(37-2)15-11-23)38-20-26-18-31-19-28(39-26)33-17-16-27(34)32-29(33)35/h3-17,26,28,31H,18-20H2,1-2H3,(H,32,34,35)/t26-,28+/m0/s1. The van der Waals surface area contributed by atoms with E-state index in [2.05, 4.69) is 10.3 Å². The van der Waals surface area contributed by atoms with Crippen molar-refractivity contribution < 1.29 is 18.9 Å². The Labute approximate surface area is 225 Å². The van der Waals surface area contributed by atoms with E-state index in [9.17, 15) is 9.59 Å². The number of morpholine rings is 1. The fourth-order valence-corrected chi connectivity index (χ4v) is 4.89. The number of aromatic amines is 1. The average Bonchev–Trinajstić information content (AvgIpc) is 2.99. The lowest BCUT2D eigenvalue weighted by atomic mass is 9.80. The van der Waals surface area contributed by atoms with Crippen molar-refractivity contribution in [3.63, 3.8) is 0 Å². The molecule has 0 saturated carbocycles. The van der Waals surface area contributed by atoms with E-state index in [1.54, 1.807) is 14.2 Å². The number of hydrogen-bond donors (Lipinski definition) is 2. The fraction of sp³-hybridized carbons (Fsp3) is 0.267. The van der Waals surface area contributed by atoms with Crippen LogP contribution in [0.3, 0.4) is 0 Å². The third kappa shape index (κ3) is 5.51. The SMILES string of the molecule is COc1ccc(C(OC[C@@H]2CNC[C@H](n3ccc(=O)[nH]c3=O)O2)(c2ccccc2)c2ccc(OC)cc2)cc1. The molecule has 2 atom stereocenters. The van der Waals surface area contributed by atoms with Gasteiger partial charge < -0.3 is 24.3 Å². The Kier molecular flexibility index (Phi) is 7.92. The largest absolute Gasteiger partial charge is 0.497 e. The lowest BCUT2D eigenvalue weighted by Crippen LogP contribution is -2.48. The van der Waals surface area contributed by atoms with Crippen LogP contribution in [-0.4, -0.2) is 49.6 Å². The Morgan fingerprint density at radius 1 is 0.821 bits per heavy atom. The second kappa shape index (κ2) is 11.7. The van der Waals surface area contributed by atoms with Crippen LogP contribution in [0.2, 0.25) is 0 Å². The molecule has 0 radical (unpaired) electrons. The normalized spacial score (nSPS) is 17.5. The maximum atomic E-state index is 12.4. The molecule has 2 heterocycles. The molecule has 3 aromatic carbocycles. The topological polar surface area (TPSA) is 104 Å². The summed E-state index contributed by atoms with van der Waals surface area (Å²) in [5.41, 5.74) is 0.814. The van der Waals surface area contributed by atoms with Crippen molar-refractivity contribution in [3.8, 4) is 11.5 Å². The molecule has 0 bridgehead atoms. The van der Waals surface area contributed by atoms with Crippen LogP contribution in [-0.2, 0) is 15.1 Å². The molecular weight excluding hydrogens is 498 g/mol. The molecule has 9 nitrogen and oxygen atoms in total. The van der Waals surface area contributed by atoms with Gasteiger partial charge >= 0.3 is 5.69 Å². The van der Waals surface area contributed by atoms with E-state index in [1.165, 1.54) is 16.8 Å². The van der Waals surface area contributed by atoms with Gasteiger partial charge in [0.1, 0.15) is 17.1 Å². The third-order valence-corrected chi connectivity index (χ3v) is 6.86. The highest BCUT2D eigenvalue weighted by molar-refractivity contribution is 5.49. The van der Waals surface area contributed by atoms with Crippen molar-refractivity contribution in [2.75, 3.05) is 33.9 Å². The summed E-state index contributed by atoms with van der Waals surface area (Å²) >= 11 is 0. The minimum absolute atomic E-state index is 0.217. The molecule has 2 N–H and O–H groups in total. The number of H-pyrrole nitrogens is 1. The van der Waals surface area contributed by atoms with Crippen molar-refractivity contribution in [1.29, 1.82) is 0 Å².